The molecule has 0 spiro atoms. The molecule has 0 aliphatic carbocycles. The Balaban J connectivity index is 1.75. The molecule has 0 N–H and O–H groups in total. The van der Waals surface area contributed by atoms with Gasteiger partial charge in [0.05, 0.1) is 6.61 Å². The summed E-state index contributed by atoms with van der Waals surface area (Å²) in [5.41, 5.74) is 0. The lowest BCUT2D eigenvalue weighted by Crippen LogP contribution is -2.52. The van der Waals surface area contributed by atoms with Crippen molar-refractivity contribution in [1.82, 2.24) is 9.80 Å². The van der Waals surface area contributed by atoms with Crippen molar-refractivity contribution in [2.24, 2.45) is 5.92 Å². The minimum atomic E-state index is 0.322. The number of ether oxygens (including phenoxy) is 1. The van der Waals surface area contributed by atoms with Crippen LogP contribution in [0.25, 0.3) is 0 Å². The molecule has 0 bridgehead atoms. The van der Waals surface area contributed by atoms with Gasteiger partial charge in [0, 0.05) is 45.2 Å². The van der Waals surface area contributed by atoms with E-state index in [1.54, 1.807) is 0 Å². The van der Waals surface area contributed by atoms with Crippen molar-refractivity contribution >= 4 is 5.91 Å². The van der Waals surface area contributed by atoms with Crippen LogP contribution in [0.15, 0.2) is 0 Å². The van der Waals surface area contributed by atoms with Gasteiger partial charge in [0.2, 0.25) is 5.91 Å². The van der Waals surface area contributed by atoms with Crippen LogP contribution in [0.4, 0.5) is 0 Å². The Hall–Kier alpha value is -0.610. The maximum atomic E-state index is 11.9. The monoisotopic (exact) mass is 240 g/mol. The van der Waals surface area contributed by atoms with Crippen molar-refractivity contribution < 1.29 is 9.53 Å². The Bertz CT molecular complexity index is 254. The lowest BCUT2D eigenvalue weighted by atomic mass is 10.1. The van der Waals surface area contributed by atoms with Crippen molar-refractivity contribution in [3.8, 4) is 0 Å². The van der Waals surface area contributed by atoms with Crippen LogP contribution in [-0.2, 0) is 9.53 Å². The third-order valence-electron chi connectivity index (χ3n) is 3.67. The van der Waals surface area contributed by atoms with Crippen molar-refractivity contribution in [3.05, 3.63) is 0 Å². The summed E-state index contributed by atoms with van der Waals surface area (Å²) in [6.07, 6.45) is 1.84. The minimum absolute atomic E-state index is 0.322. The molecule has 2 aliphatic heterocycles. The standard InChI is InChI=1S/C13H24N2O2/c1-11(2)9-13(16)15-6-4-14(5-7-15)12-3-8-17-10-12/h11-12H,3-10H2,1-2H3. The molecule has 2 aliphatic rings. The molecule has 1 atom stereocenters. The van der Waals surface area contributed by atoms with Crippen LogP contribution >= 0.6 is 0 Å². The van der Waals surface area contributed by atoms with E-state index in [1.165, 1.54) is 0 Å². The van der Waals surface area contributed by atoms with Gasteiger partial charge >= 0.3 is 0 Å². The summed E-state index contributed by atoms with van der Waals surface area (Å²) in [6, 6.07) is 0.595. The second-order valence-electron chi connectivity index (χ2n) is 5.53. The van der Waals surface area contributed by atoms with Gasteiger partial charge in [-0.05, 0) is 12.3 Å². The van der Waals surface area contributed by atoms with Crippen molar-refractivity contribution in [1.29, 1.82) is 0 Å². The van der Waals surface area contributed by atoms with E-state index >= 15 is 0 Å². The normalized spacial score (nSPS) is 26.8. The zero-order valence-corrected chi connectivity index (χ0v) is 11.0. The van der Waals surface area contributed by atoms with Crippen LogP contribution < -0.4 is 0 Å². The number of hydrogen-bond donors (Lipinski definition) is 0. The van der Waals surface area contributed by atoms with Gasteiger partial charge in [0.25, 0.3) is 0 Å². The summed E-state index contributed by atoms with van der Waals surface area (Å²) in [5, 5.41) is 0. The molecule has 2 fully saturated rings. The van der Waals surface area contributed by atoms with Crippen molar-refractivity contribution in [2.75, 3.05) is 39.4 Å². The molecule has 0 aromatic carbocycles. The molecule has 0 aromatic heterocycles. The molecular weight excluding hydrogens is 216 g/mol. The molecular formula is C13H24N2O2. The van der Waals surface area contributed by atoms with Crippen LogP contribution in [0, 0.1) is 5.92 Å². The van der Waals surface area contributed by atoms with Gasteiger partial charge in [0.1, 0.15) is 0 Å². The number of carbonyl (C=O) groups excluding carboxylic acids is 1. The minimum Gasteiger partial charge on any atom is -0.380 e. The van der Waals surface area contributed by atoms with E-state index in [1.807, 2.05) is 4.90 Å². The van der Waals surface area contributed by atoms with E-state index in [0.29, 0.717) is 24.3 Å². The lowest BCUT2D eigenvalue weighted by molar-refractivity contribution is -0.134. The Labute approximate surface area is 104 Å². The average molecular weight is 240 g/mol. The lowest BCUT2D eigenvalue weighted by Gasteiger charge is -2.37. The average Bonchev–Trinajstić information content (AvgIpc) is 2.82. The van der Waals surface area contributed by atoms with Crippen molar-refractivity contribution in [2.45, 2.75) is 32.7 Å². The van der Waals surface area contributed by atoms with E-state index < -0.39 is 0 Å². The first-order valence-electron chi connectivity index (χ1n) is 6.76. The van der Waals surface area contributed by atoms with E-state index in [9.17, 15) is 4.79 Å². The van der Waals surface area contributed by atoms with Gasteiger partial charge in [-0.2, -0.15) is 0 Å². The number of piperazine rings is 1. The first kappa shape index (κ1) is 12.8. The summed E-state index contributed by atoms with van der Waals surface area (Å²) < 4.78 is 5.42. The molecule has 1 amide bonds. The third kappa shape index (κ3) is 3.42. The molecule has 1 unspecified atom stereocenters. The highest BCUT2D eigenvalue weighted by Gasteiger charge is 2.28. The fourth-order valence-corrected chi connectivity index (χ4v) is 2.62. The number of rotatable bonds is 3. The van der Waals surface area contributed by atoms with Crippen molar-refractivity contribution in [3.63, 3.8) is 0 Å². The predicted molar refractivity (Wildman–Crippen MR) is 66.8 cm³/mol. The van der Waals surface area contributed by atoms with Crippen LogP contribution in [0.3, 0.4) is 0 Å². The van der Waals surface area contributed by atoms with Crippen LogP contribution in [0.5, 0.6) is 0 Å². The number of amides is 1. The maximum absolute atomic E-state index is 11.9. The highest BCUT2D eigenvalue weighted by atomic mass is 16.5. The molecule has 2 heterocycles. The Morgan fingerprint density at radius 2 is 2.00 bits per heavy atom. The smallest absolute Gasteiger partial charge is 0.222 e. The molecule has 2 rings (SSSR count). The van der Waals surface area contributed by atoms with E-state index in [2.05, 4.69) is 18.7 Å². The highest BCUT2D eigenvalue weighted by Crippen LogP contribution is 2.15. The van der Waals surface area contributed by atoms with Gasteiger partial charge < -0.3 is 9.64 Å². The molecule has 17 heavy (non-hydrogen) atoms. The zero-order valence-electron chi connectivity index (χ0n) is 11.0. The summed E-state index contributed by atoms with van der Waals surface area (Å²) >= 11 is 0. The first-order chi connectivity index (χ1) is 8.16. The molecule has 4 nitrogen and oxygen atoms in total. The molecule has 4 heteroatoms. The molecule has 2 saturated heterocycles. The maximum Gasteiger partial charge on any atom is 0.222 e. The quantitative estimate of drug-likeness (QED) is 0.737. The molecule has 0 radical (unpaired) electrons. The summed E-state index contributed by atoms with van der Waals surface area (Å²) in [7, 11) is 0. The number of nitrogens with zero attached hydrogens (tertiary/aromatic N) is 2. The van der Waals surface area contributed by atoms with Gasteiger partial charge in [-0.3, -0.25) is 9.69 Å². The number of carbonyl (C=O) groups is 1. The highest BCUT2D eigenvalue weighted by molar-refractivity contribution is 5.76. The SMILES string of the molecule is CC(C)CC(=O)N1CCN(C2CCOC2)CC1. The first-order valence-corrected chi connectivity index (χ1v) is 6.76. The number of hydrogen-bond acceptors (Lipinski definition) is 3. The van der Waals surface area contributed by atoms with Crippen LogP contribution in [0.2, 0.25) is 0 Å². The second-order valence-corrected chi connectivity index (χ2v) is 5.53. The summed E-state index contributed by atoms with van der Waals surface area (Å²) in [6.45, 7) is 9.78. The van der Waals surface area contributed by atoms with E-state index in [-0.39, 0.29) is 0 Å². The van der Waals surface area contributed by atoms with Crippen LogP contribution in [-0.4, -0.2) is 61.1 Å². The third-order valence-corrected chi connectivity index (χ3v) is 3.67. The van der Waals surface area contributed by atoms with E-state index in [0.717, 1.165) is 45.8 Å². The predicted octanol–water partition coefficient (Wildman–Crippen LogP) is 0.966. The Kier molecular flexibility index (Phi) is 4.40. The summed E-state index contributed by atoms with van der Waals surface area (Å²) in [5.74, 6) is 0.783. The van der Waals surface area contributed by atoms with Gasteiger partial charge in [-0.1, -0.05) is 13.8 Å². The molecule has 98 valence electrons. The summed E-state index contributed by atoms with van der Waals surface area (Å²) in [4.78, 5) is 16.4. The second kappa shape index (κ2) is 5.83. The van der Waals surface area contributed by atoms with Gasteiger partial charge in [-0.25, -0.2) is 0 Å². The van der Waals surface area contributed by atoms with Gasteiger partial charge in [-0.15, -0.1) is 0 Å². The molecule has 0 aromatic rings. The molecule has 0 saturated carbocycles. The fourth-order valence-electron chi connectivity index (χ4n) is 2.62. The Morgan fingerprint density at radius 3 is 2.53 bits per heavy atom. The fraction of sp³-hybridized carbons (Fsp3) is 0.923. The Morgan fingerprint density at radius 1 is 1.29 bits per heavy atom. The van der Waals surface area contributed by atoms with Gasteiger partial charge in [0.15, 0.2) is 0 Å². The van der Waals surface area contributed by atoms with Crippen LogP contribution in [0.1, 0.15) is 26.7 Å². The topological polar surface area (TPSA) is 32.8 Å². The van der Waals surface area contributed by atoms with E-state index in [4.69, 9.17) is 4.74 Å². The largest absolute Gasteiger partial charge is 0.380 e. The zero-order chi connectivity index (χ0) is 12.3.